The number of piperazine rings is 1. The zero-order valence-electron chi connectivity index (χ0n) is 21.3. The van der Waals surface area contributed by atoms with Crippen molar-refractivity contribution < 1.29 is 4.39 Å². The molecular weight excluding hydrogens is 469 g/mol. The fourth-order valence-corrected chi connectivity index (χ4v) is 5.88. The standard InChI is InChI=1S/C28H32FN7O/c1-18-15-20-17-24(28(37)30-25(20)16-19(18)2)26(27-31-32-33-36(27)23-5-3-4-6-23)35-13-11-34(12-14-35)22-9-7-21(29)8-10-22/h7-10,15-17,23,26H,3-6,11-14H2,1-2H3,(H,30,37). The predicted molar refractivity (Wildman–Crippen MR) is 141 cm³/mol. The minimum Gasteiger partial charge on any atom is -0.369 e. The smallest absolute Gasteiger partial charge is 0.253 e. The van der Waals surface area contributed by atoms with Gasteiger partial charge in [-0.3, -0.25) is 9.69 Å². The number of nitrogens with one attached hydrogen (secondary N) is 1. The molecule has 1 atom stereocenters. The van der Waals surface area contributed by atoms with E-state index in [4.69, 9.17) is 0 Å². The highest BCUT2D eigenvalue weighted by Gasteiger charge is 2.34. The highest BCUT2D eigenvalue weighted by atomic mass is 19.1. The molecule has 37 heavy (non-hydrogen) atoms. The molecule has 1 aliphatic carbocycles. The molecule has 2 fully saturated rings. The molecule has 192 valence electrons. The zero-order chi connectivity index (χ0) is 25.5. The van der Waals surface area contributed by atoms with Gasteiger partial charge in [0.05, 0.1) is 6.04 Å². The molecule has 1 N–H and O–H groups in total. The normalized spacial score (nSPS) is 18.1. The topological polar surface area (TPSA) is 82.9 Å². The van der Waals surface area contributed by atoms with Crippen LogP contribution in [0.3, 0.4) is 0 Å². The van der Waals surface area contributed by atoms with Crippen LogP contribution in [0.1, 0.15) is 60.3 Å². The number of hydrogen-bond acceptors (Lipinski definition) is 6. The number of tetrazole rings is 1. The number of benzene rings is 2. The number of anilines is 1. The fourth-order valence-electron chi connectivity index (χ4n) is 5.88. The van der Waals surface area contributed by atoms with E-state index in [9.17, 15) is 9.18 Å². The maximum Gasteiger partial charge on any atom is 0.253 e. The van der Waals surface area contributed by atoms with Crippen LogP contribution in [0.15, 0.2) is 47.3 Å². The van der Waals surface area contributed by atoms with Crippen LogP contribution in [0.5, 0.6) is 0 Å². The number of rotatable bonds is 5. The van der Waals surface area contributed by atoms with Crippen LogP contribution in [-0.4, -0.2) is 56.3 Å². The van der Waals surface area contributed by atoms with Crippen molar-refractivity contribution in [3.63, 3.8) is 0 Å². The van der Waals surface area contributed by atoms with E-state index in [-0.39, 0.29) is 23.5 Å². The van der Waals surface area contributed by atoms with E-state index in [0.717, 1.165) is 67.0 Å². The number of H-pyrrole nitrogens is 1. The van der Waals surface area contributed by atoms with Crippen LogP contribution in [0.4, 0.5) is 10.1 Å². The van der Waals surface area contributed by atoms with Crippen molar-refractivity contribution in [3.8, 4) is 0 Å². The third kappa shape index (κ3) is 4.52. The molecule has 3 heterocycles. The predicted octanol–water partition coefficient (Wildman–Crippen LogP) is 4.30. The number of fused-ring (bicyclic) bond motifs is 1. The number of nitrogens with zero attached hydrogens (tertiary/aromatic N) is 6. The summed E-state index contributed by atoms with van der Waals surface area (Å²) in [4.78, 5) is 21.3. The lowest BCUT2D eigenvalue weighted by molar-refractivity contribution is 0.197. The minimum absolute atomic E-state index is 0.109. The molecule has 1 aliphatic heterocycles. The van der Waals surface area contributed by atoms with Gasteiger partial charge in [0.25, 0.3) is 5.56 Å². The molecule has 1 unspecified atom stereocenters. The lowest BCUT2D eigenvalue weighted by Gasteiger charge is -2.39. The average Bonchev–Trinajstić information content (AvgIpc) is 3.59. The van der Waals surface area contributed by atoms with Crippen LogP contribution < -0.4 is 10.5 Å². The molecule has 1 saturated carbocycles. The average molecular weight is 502 g/mol. The second-order valence-corrected chi connectivity index (χ2v) is 10.4. The van der Waals surface area contributed by atoms with E-state index >= 15 is 0 Å². The van der Waals surface area contributed by atoms with Gasteiger partial charge in [0.2, 0.25) is 0 Å². The summed E-state index contributed by atoms with van der Waals surface area (Å²) in [5.74, 6) is 0.498. The number of aryl methyl sites for hydroxylation is 2. The molecule has 0 bridgehead atoms. The Labute approximate surface area is 215 Å². The molecule has 0 radical (unpaired) electrons. The molecule has 9 heteroatoms. The summed E-state index contributed by atoms with van der Waals surface area (Å²) in [5, 5.41) is 14.0. The summed E-state index contributed by atoms with van der Waals surface area (Å²) >= 11 is 0. The highest BCUT2D eigenvalue weighted by Crippen LogP contribution is 2.34. The van der Waals surface area contributed by atoms with Crippen molar-refractivity contribution in [1.29, 1.82) is 0 Å². The molecular formula is C28H32FN7O. The van der Waals surface area contributed by atoms with E-state index in [2.05, 4.69) is 50.2 Å². The third-order valence-corrected chi connectivity index (χ3v) is 8.09. The van der Waals surface area contributed by atoms with Gasteiger partial charge < -0.3 is 9.88 Å². The van der Waals surface area contributed by atoms with E-state index in [1.54, 1.807) is 0 Å². The van der Waals surface area contributed by atoms with E-state index < -0.39 is 0 Å². The lowest BCUT2D eigenvalue weighted by atomic mass is 10.00. The zero-order valence-corrected chi connectivity index (χ0v) is 21.3. The number of aromatic nitrogens is 5. The quantitative estimate of drug-likeness (QED) is 0.439. The van der Waals surface area contributed by atoms with Gasteiger partial charge in [0, 0.05) is 42.9 Å². The first kappa shape index (κ1) is 23.8. The first-order chi connectivity index (χ1) is 18.0. The Morgan fingerprint density at radius 2 is 1.68 bits per heavy atom. The summed E-state index contributed by atoms with van der Waals surface area (Å²) in [7, 11) is 0. The van der Waals surface area contributed by atoms with Crippen molar-refractivity contribution in [2.75, 3.05) is 31.1 Å². The second kappa shape index (κ2) is 9.70. The van der Waals surface area contributed by atoms with Crippen LogP contribution in [0.2, 0.25) is 0 Å². The molecule has 0 amide bonds. The number of halogens is 1. The maximum atomic E-state index is 13.6. The Kier molecular flexibility index (Phi) is 6.24. The van der Waals surface area contributed by atoms with E-state index in [1.807, 2.05) is 28.9 Å². The van der Waals surface area contributed by atoms with Crippen LogP contribution in [-0.2, 0) is 0 Å². The number of aromatic amines is 1. The molecule has 4 aromatic rings. The summed E-state index contributed by atoms with van der Waals surface area (Å²) < 4.78 is 15.4. The van der Waals surface area contributed by atoms with Gasteiger partial charge in [-0.15, -0.1) is 5.10 Å². The Bertz CT molecular complexity index is 1460. The van der Waals surface area contributed by atoms with E-state index in [0.29, 0.717) is 5.56 Å². The largest absolute Gasteiger partial charge is 0.369 e. The first-order valence-electron chi connectivity index (χ1n) is 13.1. The summed E-state index contributed by atoms with van der Waals surface area (Å²) in [6, 6.07) is 12.7. The van der Waals surface area contributed by atoms with Crippen LogP contribution in [0.25, 0.3) is 10.9 Å². The van der Waals surface area contributed by atoms with Gasteiger partial charge in [-0.1, -0.05) is 12.8 Å². The Morgan fingerprint density at radius 1 is 0.973 bits per heavy atom. The SMILES string of the molecule is Cc1cc2cc(C(c3nnnn3C3CCCC3)N3CCN(c4ccc(F)cc4)CC3)c(=O)[nH]c2cc1C. The molecule has 6 rings (SSSR count). The van der Waals surface area contributed by atoms with Crippen molar-refractivity contribution in [2.45, 2.75) is 51.6 Å². The Hall–Kier alpha value is -3.59. The summed E-state index contributed by atoms with van der Waals surface area (Å²) in [6.45, 7) is 7.12. The van der Waals surface area contributed by atoms with Crippen molar-refractivity contribution in [3.05, 3.63) is 81.2 Å². The van der Waals surface area contributed by atoms with E-state index in [1.165, 1.54) is 30.5 Å². The first-order valence-corrected chi connectivity index (χ1v) is 13.1. The molecule has 0 spiro atoms. The van der Waals surface area contributed by atoms with Crippen LogP contribution in [0, 0.1) is 19.7 Å². The van der Waals surface area contributed by atoms with Crippen molar-refractivity contribution >= 4 is 16.6 Å². The van der Waals surface area contributed by atoms with Crippen molar-refractivity contribution in [1.82, 2.24) is 30.1 Å². The molecule has 2 aromatic carbocycles. The number of hydrogen-bond donors (Lipinski definition) is 1. The third-order valence-electron chi connectivity index (χ3n) is 8.09. The Balaban J connectivity index is 1.39. The fraction of sp³-hybridized carbons (Fsp3) is 0.429. The molecule has 2 aliphatic rings. The van der Waals surface area contributed by atoms with Gasteiger partial charge in [0.15, 0.2) is 5.82 Å². The number of pyridine rings is 1. The monoisotopic (exact) mass is 501 g/mol. The second-order valence-electron chi connectivity index (χ2n) is 10.4. The van der Waals surface area contributed by atoms with Gasteiger partial charge >= 0.3 is 0 Å². The summed E-state index contributed by atoms with van der Waals surface area (Å²) in [5.41, 5.74) is 4.73. The van der Waals surface area contributed by atoms with Gasteiger partial charge in [-0.2, -0.15) is 0 Å². The summed E-state index contributed by atoms with van der Waals surface area (Å²) in [6.07, 6.45) is 4.44. The van der Waals surface area contributed by atoms with Gasteiger partial charge in [-0.25, -0.2) is 9.07 Å². The molecule has 1 saturated heterocycles. The highest BCUT2D eigenvalue weighted by molar-refractivity contribution is 5.81. The maximum absolute atomic E-state index is 13.6. The van der Waals surface area contributed by atoms with Gasteiger partial charge in [0.1, 0.15) is 11.9 Å². The Morgan fingerprint density at radius 3 is 2.41 bits per heavy atom. The van der Waals surface area contributed by atoms with Gasteiger partial charge in [-0.05, 0) is 96.1 Å². The van der Waals surface area contributed by atoms with Crippen LogP contribution >= 0.6 is 0 Å². The van der Waals surface area contributed by atoms with Crippen molar-refractivity contribution in [2.24, 2.45) is 0 Å². The lowest BCUT2D eigenvalue weighted by Crippen LogP contribution is -2.49. The molecule has 2 aromatic heterocycles. The molecule has 8 nitrogen and oxygen atoms in total. The minimum atomic E-state index is -0.360.